The zero-order chi connectivity index (χ0) is 15.5. The molecule has 1 aromatic carbocycles. The van der Waals surface area contributed by atoms with E-state index in [1.165, 1.54) is 49.7 Å². The Morgan fingerprint density at radius 3 is 2.00 bits per heavy atom. The number of unbranched alkanes of at least 4 members (excludes halogenated alkanes) is 6. The van der Waals surface area contributed by atoms with Crippen LogP contribution in [-0.4, -0.2) is 11.2 Å². The zero-order valence-corrected chi connectivity index (χ0v) is 14.3. The molecule has 0 bridgehead atoms. The van der Waals surface area contributed by atoms with E-state index in [2.05, 4.69) is 45.0 Å². The van der Waals surface area contributed by atoms with Gasteiger partial charge in [-0.15, -0.1) is 0 Å². The molecule has 1 atom stereocenters. The van der Waals surface area contributed by atoms with Crippen LogP contribution in [-0.2, 0) is 6.42 Å². The monoisotopic (exact) mass is 290 g/mol. The van der Waals surface area contributed by atoms with Crippen LogP contribution < -0.4 is 0 Å². The molecular weight excluding hydrogens is 256 g/mol. The molecule has 0 aliphatic rings. The van der Waals surface area contributed by atoms with Crippen molar-refractivity contribution in [3.05, 3.63) is 35.4 Å². The summed E-state index contributed by atoms with van der Waals surface area (Å²) in [7, 11) is 0. The summed E-state index contributed by atoms with van der Waals surface area (Å²) in [5.41, 5.74) is 2.63. The smallest absolute Gasteiger partial charge is 0.0580 e. The topological polar surface area (TPSA) is 20.2 Å². The normalized spacial score (nSPS) is 12.8. The van der Waals surface area contributed by atoms with Crippen molar-refractivity contribution in [1.82, 2.24) is 0 Å². The lowest BCUT2D eigenvalue weighted by molar-refractivity contribution is 0.161. The van der Waals surface area contributed by atoms with Crippen molar-refractivity contribution in [2.45, 2.75) is 90.6 Å². The van der Waals surface area contributed by atoms with Crippen LogP contribution in [0, 0.1) is 0 Å². The highest BCUT2D eigenvalue weighted by atomic mass is 16.3. The number of aliphatic hydroxyl groups excluding tert-OH is 1. The first-order valence-electron chi connectivity index (χ1n) is 8.90. The van der Waals surface area contributed by atoms with Crippen LogP contribution in [0.25, 0.3) is 0 Å². The fourth-order valence-electron chi connectivity index (χ4n) is 2.75. The second kappa shape index (κ2) is 10.8. The maximum absolute atomic E-state index is 10.1. The second-order valence-electron chi connectivity index (χ2n) is 6.66. The minimum atomic E-state index is -0.175. The molecule has 0 amide bonds. The van der Waals surface area contributed by atoms with Gasteiger partial charge in [0.2, 0.25) is 0 Å². The van der Waals surface area contributed by atoms with Gasteiger partial charge in [-0.1, -0.05) is 90.0 Å². The predicted molar refractivity (Wildman–Crippen MR) is 92.9 cm³/mol. The Bertz CT molecular complexity index is 353. The fourth-order valence-corrected chi connectivity index (χ4v) is 2.75. The largest absolute Gasteiger partial charge is 0.393 e. The third kappa shape index (κ3) is 8.26. The molecule has 21 heavy (non-hydrogen) atoms. The lowest BCUT2D eigenvalue weighted by Gasteiger charge is -2.12. The Labute approximate surface area is 131 Å². The number of hydrogen-bond acceptors (Lipinski definition) is 1. The first-order valence-corrected chi connectivity index (χ1v) is 8.90. The van der Waals surface area contributed by atoms with E-state index in [1.54, 1.807) is 0 Å². The number of benzene rings is 1. The van der Waals surface area contributed by atoms with Crippen LogP contribution in [0.1, 0.15) is 89.2 Å². The van der Waals surface area contributed by atoms with Crippen molar-refractivity contribution in [3.63, 3.8) is 0 Å². The van der Waals surface area contributed by atoms with Gasteiger partial charge in [0.25, 0.3) is 0 Å². The van der Waals surface area contributed by atoms with Crippen molar-refractivity contribution in [2.75, 3.05) is 0 Å². The van der Waals surface area contributed by atoms with E-state index in [4.69, 9.17) is 0 Å². The average Bonchev–Trinajstić information content (AvgIpc) is 2.47. The highest BCUT2D eigenvalue weighted by Gasteiger charge is 2.06. The maximum Gasteiger partial charge on any atom is 0.0580 e. The Balaban J connectivity index is 2.14. The third-order valence-corrected chi connectivity index (χ3v) is 4.26. The fraction of sp³-hybridized carbons (Fsp3) is 0.700. The number of aliphatic hydroxyl groups is 1. The molecule has 1 heteroatoms. The Hall–Kier alpha value is -0.820. The van der Waals surface area contributed by atoms with Gasteiger partial charge in [0.15, 0.2) is 0 Å². The van der Waals surface area contributed by atoms with Crippen LogP contribution in [0.3, 0.4) is 0 Å². The van der Waals surface area contributed by atoms with Gasteiger partial charge < -0.3 is 5.11 Å². The molecule has 0 saturated carbocycles. The molecule has 1 aromatic rings. The van der Waals surface area contributed by atoms with Crippen molar-refractivity contribution in [2.24, 2.45) is 0 Å². The quantitative estimate of drug-likeness (QED) is 0.506. The van der Waals surface area contributed by atoms with Crippen LogP contribution >= 0.6 is 0 Å². The highest BCUT2D eigenvalue weighted by molar-refractivity contribution is 5.25. The Kier molecular flexibility index (Phi) is 9.41. The van der Waals surface area contributed by atoms with Crippen LogP contribution in [0.5, 0.6) is 0 Å². The first kappa shape index (κ1) is 18.2. The molecule has 120 valence electrons. The molecule has 0 fully saturated rings. The molecule has 1 N–H and O–H groups in total. The van der Waals surface area contributed by atoms with Crippen LogP contribution in [0.2, 0.25) is 0 Å². The first-order chi connectivity index (χ1) is 10.1. The average molecular weight is 290 g/mol. The molecule has 1 unspecified atom stereocenters. The van der Waals surface area contributed by atoms with E-state index in [0.29, 0.717) is 5.92 Å². The molecule has 1 nitrogen and oxygen atoms in total. The minimum Gasteiger partial charge on any atom is -0.393 e. The standard InChI is InChI=1S/C20H34O/c1-4-5-6-7-8-9-10-11-20(21)16-18-12-14-19(15-13-18)17(2)3/h12-15,17,20-21H,4-11,16H2,1-3H3. The summed E-state index contributed by atoms with van der Waals surface area (Å²) in [6.45, 7) is 6.68. The second-order valence-corrected chi connectivity index (χ2v) is 6.66. The molecule has 0 aromatic heterocycles. The van der Waals surface area contributed by atoms with E-state index >= 15 is 0 Å². The van der Waals surface area contributed by atoms with Gasteiger partial charge in [-0.25, -0.2) is 0 Å². The summed E-state index contributed by atoms with van der Waals surface area (Å²) in [5, 5.41) is 10.1. The lowest BCUT2D eigenvalue weighted by atomic mass is 9.98. The van der Waals surface area contributed by atoms with Gasteiger partial charge in [-0.3, -0.25) is 0 Å². The zero-order valence-electron chi connectivity index (χ0n) is 14.3. The summed E-state index contributed by atoms with van der Waals surface area (Å²) in [5.74, 6) is 0.580. The summed E-state index contributed by atoms with van der Waals surface area (Å²) >= 11 is 0. The molecule has 0 spiro atoms. The molecule has 0 radical (unpaired) electrons. The van der Waals surface area contributed by atoms with Gasteiger partial charge in [0.05, 0.1) is 6.10 Å². The van der Waals surface area contributed by atoms with Gasteiger partial charge in [-0.2, -0.15) is 0 Å². The van der Waals surface area contributed by atoms with Crippen molar-refractivity contribution >= 4 is 0 Å². The van der Waals surface area contributed by atoms with Crippen molar-refractivity contribution in [1.29, 1.82) is 0 Å². The molecule has 0 saturated heterocycles. The predicted octanol–water partition coefficient (Wildman–Crippen LogP) is 5.85. The maximum atomic E-state index is 10.1. The number of rotatable bonds is 11. The van der Waals surface area contributed by atoms with Gasteiger partial charge in [-0.05, 0) is 29.9 Å². The summed E-state index contributed by atoms with van der Waals surface area (Å²) in [4.78, 5) is 0. The van der Waals surface area contributed by atoms with Crippen LogP contribution in [0.15, 0.2) is 24.3 Å². The van der Waals surface area contributed by atoms with E-state index < -0.39 is 0 Å². The third-order valence-electron chi connectivity index (χ3n) is 4.26. The van der Waals surface area contributed by atoms with E-state index in [9.17, 15) is 5.11 Å². The molecule has 0 aliphatic heterocycles. The number of hydrogen-bond donors (Lipinski definition) is 1. The molecule has 0 aliphatic carbocycles. The molecule has 0 heterocycles. The Morgan fingerprint density at radius 2 is 1.43 bits per heavy atom. The van der Waals surface area contributed by atoms with E-state index in [1.807, 2.05) is 0 Å². The van der Waals surface area contributed by atoms with E-state index in [0.717, 1.165) is 19.3 Å². The van der Waals surface area contributed by atoms with Crippen LogP contribution in [0.4, 0.5) is 0 Å². The summed E-state index contributed by atoms with van der Waals surface area (Å²) in [6.07, 6.45) is 10.8. The lowest BCUT2D eigenvalue weighted by Crippen LogP contribution is -2.10. The highest BCUT2D eigenvalue weighted by Crippen LogP contribution is 2.17. The van der Waals surface area contributed by atoms with E-state index in [-0.39, 0.29) is 6.10 Å². The van der Waals surface area contributed by atoms with Gasteiger partial charge >= 0.3 is 0 Å². The molecule has 1 rings (SSSR count). The van der Waals surface area contributed by atoms with Crippen molar-refractivity contribution in [3.8, 4) is 0 Å². The van der Waals surface area contributed by atoms with Crippen molar-refractivity contribution < 1.29 is 5.11 Å². The molecular formula is C20H34O. The van der Waals surface area contributed by atoms with Gasteiger partial charge in [0.1, 0.15) is 0 Å². The summed E-state index contributed by atoms with van der Waals surface area (Å²) in [6, 6.07) is 8.73. The SMILES string of the molecule is CCCCCCCCCC(O)Cc1ccc(C(C)C)cc1. The van der Waals surface area contributed by atoms with Gasteiger partial charge in [0, 0.05) is 0 Å². The summed E-state index contributed by atoms with van der Waals surface area (Å²) < 4.78 is 0. The minimum absolute atomic E-state index is 0.175. The Morgan fingerprint density at radius 1 is 0.857 bits per heavy atom.